The van der Waals surface area contributed by atoms with Gasteiger partial charge in [-0.05, 0) is 31.7 Å². The summed E-state index contributed by atoms with van der Waals surface area (Å²) in [5.74, 6) is 2.43. The first kappa shape index (κ1) is 18.1. The van der Waals surface area contributed by atoms with Gasteiger partial charge in [0.2, 0.25) is 0 Å². The number of nitrogens with zero attached hydrogens (tertiary/aromatic N) is 2. The lowest BCUT2D eigenvalue weighted by molar-refractivity contribution is 0.181. The van der Waals surface area contributed by atoms with Gasteiger partial charge in [0.05, 0.1) is 18.8 Å². The molecular formula is C20H23N3O3. The van der Waals surface area contributed by atoms with Crippen molar-refractivity contribution in [2.24, 2.45) is 0 Å². The zero-order valence-corrected chi connectivity index (χ0v) is 15.3. The Labute approximate surface area is 152 Å². The first-order valence-electron chi connectivity index (χ1n) is 8.46. The Balaban J connectivity index is 1.69. The molecule has 0 unspecified atom stereocenters. The molecule has 1 aromatic carbocycles. The molecule has 0 saturated heterocycles. The number of furan rings is 1. The molecule has 26 heavy (non-hydrogen) atoms. The van der Waals surface area contributed by atoms with Crippen LogP contribution in [0.15, 0.2) is 51.7 Å². The van der Waals surface area contributed by atoms with E-state index in [0.717, 1.165) is 30.2 Å². The minimum absolute atomic E-state index is 0.181. The highest BCUT2D eigenvalue weighted by atomic mass is 16.5. The summed E-state index contributed by atoms with van der Waals surface area (Å²) in [5.41, 5.74) is 2.48. The second-order valence-electron chi connectivity index (χ2n) is 6.40. The van der Waals surface area contributed by atoms with Crippen LogP contribution in [0.25, 0.3) is 11.4 Å². The van der Waals surface area contributed by atoms with Gasteiger partial charge in [0.1, 0.15) is 17.3 Å². The highest BCUT2D eigenvalue weighted by Gasteiger charge is 2.07. The van der Waals surface area contributed by atoms with E-state index in [1.165, 1.54) is 11.6 Å². The Bertz CT molecular complexity index is 913. The summed E-state index contributed by atoms with van der Waals surface area (Å²) < 4.78 is 10.7. The van der Waals surface area contributed by atoms with Gasteiger partial charge in [-0.15, -0.1) is 0 Å². The van der Waals surface area contributed by atoms with Crippen molar-refractivity contribution in [3.8, 4) is 11.4 Å². The van der Waals surface area contributed by atoms with E-state index >= 15 is 0 Å². The van der Waals surface area contributed by atoms with Crippen molar-refractivity contribution < 1.29 is 9.15 Å². The first-order chi connectivity index (χ1) is 12.5. The minimum atomic E-state index is -0.181. The molecular weight excluding hydrogens is 330 g/mol. The van der Waals surface area contributed by atoms with E-state index < -0.39 is 0 Å². The van der Waals surface area contributed by atoms with Crippen molar-refractivity contribution in [3.63, 3.8) is 0 Å². The van der Waals surface area contributed by atoms with Crippen LogP contribution in [0.2, 0.25) is 0 Å². The zero-order valence-electron chi connectivity index (χ0n) is 15.3. The van der Waals surface area contributed by atoms with Crippen LogP contribution in [0.1, 0.15) is 22.8 Å². The van der Waals surface area contributed by atoms with Crippen LogP contribution in [-0.2, 0) is 24.4 Å². The van der Waals surface area contributed by atoms with Crippen molar-refractivity contribution in [2.45, 2.75) is 26.6 Å². The van der Waals surface area contributed by atoms with E-state index in [2.05, 4.69) is 21.9 Å². The molecule has 0 amide bonds. The third-order valence-electron chi connectivity index (χ3n) is 3.99. The lowest BCUT2D eigenvalue weighted by Gasteiger charge is -2.15. The predicted molar refractivity (Wildman–Crippen MR) is 99.6 cm³/mol. The summed E-state index contributed by atoms with van der Waals surface area (Å²) in [5, 5.41) is 0. The third-order valence-corrected chi connectivity index (χ3v) is 3.99. The van der Waals surface area contributed by atoms with Crippen LogP contribution in [-0.4, -0.2) is 29.0 Å². The van der Waals surface area contributed by atoms with Crippen LogP contribution < -0.4 is 5.56 Å². The molecule has 0 aliphatic heterocycles. The van der Waals surface area contributed by atoms with Gasteiger partial charge in [-0.25, -0.2) is 4.98 Å². The SMILES string of the molecule is COCc1cc(=O)[nH]c(-c2ccc(CN(C)Cc3ccc(C)o3)cc2)n1. The predicted octanol–water partition coefficient (Wildman–Crippen LogP) is 3.12. The molecule has 0 saturated carbocycles. The highest BCUT2D eigenvalue weighted by Crippen LogP contribution is 2.17. The summed E-state index contributed by atoms with van der Waals surface area (Å²) in [6.07, 6.45) is 0. The largest absolute Gasteiger partial charge is 0.465 e. The number of H-pyrrole nitrogens is 1. The molecule has 0 atom stereocenters. The molecule has 0 spiro atoms. The van der Waals surface area contributed by atoms with E-state index in [0.29, 0.717) is 18.1 Å². The van der Waals surface area contributed by atoms with Crippen molar-refractivity contribution in [3.05, 3.63) is 75.6 Å². The number of benzene rings is 1. The van der Waals surface area contributed by atoms with Crippen LogP contribution in [0.3, 0.4) is 0 Å². The van der Waals surface area contributed by atoms with Crippen molar-refractivity contribution >= 4 is 0 Å². The Morgan fingerprint density at radius 2 is 1.92 bits per heavy atom. The van der Waals surface area contributed by atoms with Crippen LogP contribution >= 0.6 is 0 Å². The van der Waals surface area contributed by atoms with Gasteiger partial charge in [0, 0.05) is 25.3 Å². The Kier molecular flexibility index (Phi) is 5.65. The fourth-order valence-corrected chi connectivity index (χ4v) is 2.84. The molecule has 0 aliphatic rings. The Morgan fingerprint density at radius 1 is 1.15 bits per heavy atom. The van der Waals surface area contributed by atoms with Gasteiger partial charge in [0.15, 0.2) is 0 Å². The number of hydrogen-bond acceptors (Lipinski definition) is 5. The van der Waals surface area contributed by atoms with E-state index in [-0.39, 0.29) is 5.56 Å². The molecule has 1 N–H and O–H groups in total. The molecule has 136 valence electrons. The van der Waals surface area contributed by atoms with Gasteiger partial charge in [0.25, 0.3) is 5.56 Å². The zero-order chi connectivity index (χ0) is 18.5. The fraction of sp³-hybridized carbons (Fsp3) is 0.300. The summed E-state index contributed by atoms with van der Waals surface area (Å²) >= 11 is 0. The van der Waals surface area contributed by atoms with Crippen molar-refractivity contribution in [2.75, 3.05) is 14.2 Å². The molecule has 2 heterocycles. The van der Waals surface area contributed by atoms with E-state index in [1.54, 1.807) is 7.11 Å². The normalized spacial score (nSPS) is 11.2. The van der Waals surface area contributed by atoms with Gasteiger partial charge < -0.3 is 14.1 Å². The number of nitrogens with one attached hydrogen (secondary N) is 1. The monoisotopic (exact) mass is 353 g/mol. The first-order valence-corrected chi connectivity index (χ1v) is 8.46. The molecule has 3 rings (SSSR count). The molecule has 0 bridgehead atoms. The minimum Gasteiger partial charge on any atom is -0.465 e. The lowest BCUT2D eigenvalue weighted by Crippen LogP contribution is -2.16. The maximum atomic E-state index is 11.8. The van der Waals surface area contributed by atoms with Crippen LogP contribution in [0.5, 0.6) is 0 Å². The molecule has 0 fully saturated rings. The summed E-state index contributed by atoms with van der Waals surface area (Å²) in [6, 6.07) is 13.5. The number of ether oxygens (including phenoxy) is 1. The van der Waals surface area contributed by atoms with Crippen LogP contribution in [0, 0.1) is 6.92 Å². The van der Waals surface area contributed by atoms with E-state index in [1.807, 2.05) is 43.3 Å². The smallest absolute Gasteiger partial charge is 0.251 e. The summed E-state index contributed by atoms with van der Waals surface area (Å²) in [6.45, 7) is 3.81. The second kappa shape index (κ2) is 8.12. The number of aromatic amines is 1. The number of aromatic nitrogens is 2. The average molecular weight is 353 g/mol. The number of rotatable bonds is 7. The van der Waals surface area contributed by atoms with E-state index in [9.17, 15) is 4.79 Å². The molecule has 0 aliphatic carbocycles. The van der Waals surface area contributed by atoms with Crippen molar-refractivity contribution in [1.82, 2.24) is 14.9 Å². The van der Waals surface area contributed by atoms with Gasteiger partial charge in [-0.3, -0.25) is 9.69 Å². The maximum absolute atomic E-state index is 11.8. The standard InChI is InChI=1S/C20H23N3O3/c1-14-4-9-18(26-14)12-23(2)11-15-5-7-16(8-6-15)20-21-17(13-25-3)10-19(24)22-20/h4-10H,11-13H2,1-3H3,(H,21,22,24). The molecule has 6 nitrogen and oxygen atoms in total. The molecule has 0 radical (unpaired) electrons. The van der Waals surface area contributed by atoms with Gasteiger partial charge in [-0.1, -0.05) is 24.3 Å². The van der Waals surface area contributed by atoms with Gasteiger partial charge in [-0.2, -0.15) is 0 Å². The average Bonchev–Trinajstić information content (AvgIpc) is 3.00. The number of hydrogen-bond donors (Lipinski definition) is 1. The summed E-state index contributed by atoms with van der Waals surface area (Å²) in [7, 11) is 3.64. The van der Waals surface area contributed by atoms with Crippen LogP contribution in [0.4, 0.5) is 0 Å². The number of methoxy groups -OCH3 is 1. The Morgan fingerprint density at radius 3 is 2.58 bits per heavy atom. The lowest BCUT2D eigenvalue weighted by atomic mass is 10.1. The third kappa shape index (κ3) is 4.68. The topological polar surface area (TPSA) is 71.4 Å². The second-order valence-corrected chi connectivity index (χ2v) is 6.40. The van der Waals surface area contributed by atoms with E-state index in [4.69, 9.17) is 9.15 Å². The fourth-order valence-electron chi connectivity index (χ4n) is 2.84. The highest BCUT2D eigenvalue weighted by molar-refractivity contribution is 5.55. The summed E-state index contributed by atoms with van der Waals surface area (Å²) in [4.78, 5) is 21.2. The quantitative estimate of drug-likeness (QED) is 0.707. The maximum Gasteiger partial charge on any atom is 0.251 e. The molecule has 2 aromatic heterocycles. The number of aryl methyl sites for hydroxylation is 1. The molecule has 6 heteroatoms. The Hall–Kier alpha value is -2.70. The molecule has 3 aromatic rings. The van der Waals surface area contributed by atoms with Crippen molar-refractivity contribution in [1.29, 1.82) is 0 Å². The van der Waals surface area contributed by atoms with Gasteiger partial charge >= 0.3 is 0 Å².